The summed E-state index contributed by atoms with van der Waals surface area (Å²) in [5, 5.41) is 3.30. The van der Waals surface area contributed by atoms with Crippen molar-refractivity contribution < 1.29 is 13.2 Å². The van der Waals surface area contributed by atoms with Crippen LogP contribution < -0.4 is 5.32 Å². The summed E-state index contributed by atoms with van der Waals surface area (Å²) in [6.07, 6.45) is 4.99. The van der Waals surface area contributed by atoms with Crippen molar-refractivity contribution in [3.63, 3.8) is 0 Å². The van der Waals surface area contributed by atoms with Crippen LogP contribution in [0.1, 0.15) is 17.0 Å². The van der Waals surface area contributed by atoms with Gasteiger partial charge in [0.1, 0.15) is 9.84 Å². The van der Waals surface area contributed by atoms with Crippen molar-refractivity contribution in [1.82, 2.24) is 10.3 Å². The van der Waals surface area contributed by atoms with Gasteiger partial charge >= 0.3 is 0 Å². The van der Waals surface area contributed by atoms with Crippen molar-refractivity contribution in [2.24, 2.45) is 0 Å². The molecule has 128 valence electrons. The molecule has 1 N–H and O–H groups in total. The van der Waals surface area contributed by atoms with Crippen molar-refractivity contribution in [3.8, 4) is 0 Å². The third-order valence-electron chi connectivity index (χ3n) is 3.55. The molecule has 0 radical (unpaired) electrons. The molecule has 2 aromatic rings. The average molecular weight is 367 g/mol. The van der Waals surface area contributed by atoms with Crippen LogP contribution in [0.25, 0.3) is 0 Å². The van der Waals surface area contributed by atoms with E-state index in [9.17, 15) is 13.2 Å². The molecule has 1 atom stereocenters. The maximum atomic E-state index is 12.6. The Balaban J connectivity index is 2.15. The molecule has 0 aliphatic carbocycles. The second-order valence-corrected chi connectivity index (χ2v) is 8.28. The number of rotatable bonds is 7. The molecule has 0 fully saturated rings. The molecule has 5 nitrogen and oxygen atoms in total. The smallest absolute Gasteiger partial charge is 0.227 e. The van der Waals surface area contributed by atoms with Crippen LogP contribution in [-0.4, -0.2) is 37.9 Å². The monoisotopic (exact) mass is 366 g/mol. The third-order valence-corrected chi connectivity index (χ3v) is 4.75. The van der Waals surface area contributed by atoms with Gasteiger partial charge in [-0.2, -0.15) is 0 Å². The second kappa shape index (κ2) is 8.26. The first-order valence-corrected chi connectivity index (χ1v) is 9.89. The predicted molar refractivity (Wildman–Crippen MR) is 94.9 cm³/mol. The van der Waals surface area contributed by atoms with E-state index in [0.717, 1.165) is 17.4 Å². The lowest BCUT2D eigenvalue weighted by atomic mass is 9.91. The quantitative estimate of drug-likeness (QED) is 0.815. The number of nitrogens with one attached hydrogen (secondary N) is 1. The van der Waals surface area contributed by atoms with Gasteiger partial charge in [0.2, 0.25) is 5.91 Å². The van der Waals surface area contributed by atoms with E-state index < -0.39 is 15.8 Å². The fourth-order valence-electron chi connectivity index (χ4n) is 2.29. The van der Waals surface area contributed by atoms with Crippen LogP contribution in [0, 0.1) is 0 Å². The van der Waals surface area contributed by atoms with Crippen molar-refractivity contribution in [3.05, 3.63) is 64.9 Å². The maximum absolute atomic E-state index is 12.6. The number of amides is 1. The normalized spacial score (nSPS) is 12.6. The molecule has 1 heterocycles. The Bertz CT molecular complexity index is 777. The highest BCUT2D eigenvalue weighted by Crippen LogP contribution is 2.23. The lowest BCUT2D eigenvalue weighted by Gasteiger charge is -2.17. The third kappa shape index (κ3) is 5.94. The van der Waals surface area contributed by atoms with E-state index in [1.807, 2.05) is 24.3 Å². The number of carbonyl (C=O) groups excluding carboxylic acids is 1. The van der Waals surface area contributed by atoms with Crippen molar-refractivity contribution in [2.45, 2.75) is 12.3 Å². The minimum atomic E-state index is -3.12. The van der Waals surface area contributed by atoms with Gasteiger partial charge in [0.05, 0.1) is 11.7 Å². The number of nitrogens with zero attached hydrogens (tertiary/aromatic N) is 1. The van der Waals surface area contributed by atoms with Gasteiger partial charge < -0.3 is 5.32 Å². The van der Waals surface area contributed by atoms with Gasteiger partial charge in [0.15, 0.2) is 0 Å². The highest BCUT2D eigenvalue weighted by Gasteiger charge is 2.21. The van der Waals surface area contributed by atoms with Crippen molar-refractivity contribution in [2.75, 3.05) is 18.6 Å². The first-order chi connectivity index (χ1) is 11.3. The van der Waals surface area contributed by atoms with E-state index in [1.54, 1.807) is 24.5 Å². The maximum Gasteiger partial charge on any atom is 0.227 e. The Hall–Kier alpha value is -1.92. The van der Waals surface area contributed by atoms with Crippen LogP contribution in [-0.2, 0) is 21.1 Å². The molecule has 7 heteroatoms. The predicted octanol–water partition coefficient (Wildman–Crippen LogP) is 2.22. The molecule has 24 heavy (non-hydrogen) atoms. The van der Waals surface area contributed by atoms with Crippen LogP contribution in [0.4, 0.5) is 0 Å². The van der Waals surface area contributed by atoms with E-state index in [4.69, 9.17) is 11.6 Å². The topological polar surface area (TPSA) is 76.1 Å². The van der Waals surface area contributed by atoms with Crippen LogP contribution in [0.3, 0.4) is 0 Å². The van der Waals surface area contributed by atoms with Gasteiger partial charge in [-0.3, -0.25) is 9.78 Å². The molecule has 0 spiro atoms. The molecule has 1 amide bonds. The summed E-state index contributed by atoms with van der Waals surface area (Å²) in [4.78, 5) is 16.5. The Morgan fingerprint density at radius 3 is 2.38 bits per heavy atom. The molecular weight excluding hydrogens is 348 g/mol. The molecule has 0 bridgehead atoms. The molecule has 0 saturated heterocycles. The number of halogens is 1. The molecule has 1 aromatic carbocycles. The highest BCUT2D eigenvalue weighted by atomic mass is 35.5. The largest absolute Gasteiger partial charge is 0.355 e. The molecule has 1 aromatic heterocycles. The Morgan fingerprint density at radius 1 is 1.17 bits per heavy atom. The molecule has 0 aliphatic heterocycles. The van der Waals surface area contributed by atoms with E-state index in [-0.39, 0.29) is 18.2 Å². The number of pyridine rings is 1. The van der Waals surface area contributed by atoms with E-state index >= 15 is 0 Å². The number of sulfone groups is 1. The van der Waals surface area contributed by atoms with Gasteiger partial charge in [0, 0.05) is 30.2 Å². The first kappa shape index (κ1) is 18.4. The fraction of sp³-hybridized carbons (Fsp3) is 0.294. The molecule has 0 aliphatic rings. The summed E-state index contributed by atoms with van der Waals surface area (Å²) in [7, 11) is -3.12. The average Bonchev–Trinajstić information content (AvgIpc) is 2.53. The number of benzene rings is 1. The minimum absolute atomic E-state index is 0.0820. The van der Waals surface area contributed by atoms with Gasteiger partial charge in [-0.15, -0.1) is 0 Å². The number of hydrogen-bond donors (Lipinski definition) is 1. The summed E-state index contributed by atoms with van der Waals surface area (Å²) in [5.74, 6) is -0.719. The van der Waals surface area contributed by atoms with Gasteiger partial charge in [-0.05, 0) is 41.8 Å². The van der Waals surface area contributed by atoms with Crippen LogP contribution in [0.2, 0.25) is 5.02 Å². The minimum Gasteiger partial charge on any atom is -0.355 e. The van der Waals surface area contributed by atoms with E-state index in [2.05, 4.69) is 10.3 Å². The molecular formula is C17H19ClN2O3S. The van der Waals surface area contributed by atoms with Gasteiger partial charge in [-0.25, -0.2) is 8.42 Å². The molecule has 0 saturated carbocycles. The van der Waals surface area contributed by atoms with Gasteiger partial charge in [0.25, 0.3) is 0 Å². The lowest BCUT2D eigenvalue weighted by molar-refractivity contribution is -0.122. The summed E-state index contributed by atoms with van der Waals surface area (Å²) in [6.45, 7) is 0.0953. The van der Waals surface area contributed by atoms with Gasteiger partial charge in [-0.1, -0.05) is 23.7 Å². The molecule has 2 rings (SSSR count). The van der Waals surface area contributed by atoms with E-state index in [1.165, 1.54) is 0 Å². The summed E-state index contributed by atoms with van der Waals surface area (Å²) in [5.41, 5.74) is 1.80. The fourth-order valence-corrected chi connectivity index (χ4v) is 2.89. The van der Waals surface area contributed by atoms with Crippen LogP contribution in [0.5, 0.6) is 0 Å². The lowest BCUT2D eigenvalue weighted by Crippen LogP contribution is -2.34. The summed E-state index contributed by atoms with van der Waals surface area (Å²) in [6, 6.07) is 10.8. The zero-order valence-corrected chi connectivity index (χ0v) is 14.8. The van der Waals surface area contributed by atoms with Crippen LogP contribution in [0.15, 0.2) is 48.8 Å². The highest BCUT2D eigenvalue weighted by molar-refractivity contribution is 7.90. The van der Waals surface area contributed by atoms with Crippen molar-refractivity contribution >= 4 is 27.3 Å². The van der Waals surface area contributed by atoms with Crippen LogP contribution >= 0.6 is 11.6 Å². The standard InChI is InChI=1S/C17H19ClN2O3S/c1-24(22,23)11-10-20-17(21)16(12-13-6-8-19-9-7-13)14-2-4-15(18)5-3-14/h2-9,16H,10-12H2,1H3,(H,20,21). The second-order valence-electron chi connectivity index (χ2n) is 5.58. The Labute approximate surface area is 147 Å². The SMILES string of the molecule is CS(=O)(=O)CCNC(=O)C(Cc1ccncc1)c1ccc(Cl)cc1. The number of carbonyl (C=O) groups is 1. The summed E-state index contributed by atoms with van der Waals surface area (Å²) >= 11 is 5.91. The zero-order valence-electron chi connectivity index (χ0n) is 13.3. The summed E-state index contributed by atoms with van der Waals surface area (Å²) < 4.78 is 22.4. The number of aromatic nitrogens is 1. The zero-order chi connectivity index (χ0) is 17.6. The molecule has 1 unspecified atom stereocenters. The Kier molecular flexibility index (Phi) is 6.34. The Morgan fingerprint density at radius 2 is 1.79 bits per heavy atom. The first-order valence-electron chi connectivity index (χ1n) is 7.45. The number of hydrogen-bond acceptors (Lipinski definition) is 4. The van der Waals surface area contributed by atoms with E-state index in [0.29, 0.717) is 11.4 Å². The van der Waals surface area contributed by atoms with Crippen molar-refractivity contribution in [1.29, 1.82) is 0 Å².